The van der Waals surface area contributed by atoms with Crippen LogP contribution in [-0.2, 0) is 6.42 Å². The highest BCUT2D eigenvalue weighted by molar-refractivity contribution is 5.48. The van der Waals surface area contributed by atoms with E-state index in [1.807, 2.05) is 19.1 Å². The highest BCUT2D eigenvalue weighted by Crippen LogP contribution is 2.22. The molecule has 0 aliphatic heterocycles. The Labute approximate surface area is 127 Å². The van der Waals surface area contributed by atoms with E-state index >= 15 is 0 Å². The first-order valence-corrected chi connectivity index (χ1v) is 6.79. The van der Waals surface area contributed by atoms with Crippen molar-refractivity contribution in [1.29, 1.82) is 10.5 Å². The summed E-state index contributed by atoms with van der Waals surface area (Å²) in [6.45, 7) is 2.04. The molecular formula is C15H13N5O2. The van der Waals surface area contributed by atoms with Gasteiger partial charge in [-0.15, -0.1) is 0 Å². The van der Waals surface area contributed by atoms with Crippen LogP contribution in [0.15, 0.2) is 24.3 Å². The molecule has 0 N–H and O–H groups in total. The van der Waals surface area contributed by atoms with Gasteiger partial charge in [0.15, 0.2) is 11.4 Å². The van der Waals surface area contributed by atoms with Crippen molar-refractivity contribution in [2.45, 2.75) is 26.2 Å². The van der Waals surface area contributed by atoms with Gasteiger partial charge < -0.3 is 0 Å². The van der Waals surface area contributed by atoms with Crippen molar-refractivity contribution in [3.05, 3.63) is 51.6 Å². The van der Waals surface area contributed by atoms with Gasteiger partial charge in [0.2, 0.25) is 0 Å². The maximum absolute atomic E-state index is 10.7. The maximum Gasteiger partial charge on any atom is 0.269 e. The molecule has 0 saturated carbocycles. The average molecular weight is 295 g/mol. The van der Waals surface area contributed by atoms with Gasteiger partial charge in [0, 0.05) is 24.2 Å². The molecule has 7 nitrogen and oxygen atoms in total. The minimum absolute atomic E-state index is 0.0296. The lowest BCUT2D eigenvalue weighted by atomic mass is 10.2. The minimum atomic E-state index is -0.485. The molecule has 22 heavy (non-hydrogen) atoms. The van der Waals surface area contributed by atoms with Crippen LogP contribution in [0.2, 0.25) is 0 Å². The quantitative estimate of drug-likeness (QED) is 0.622. The molecule has 0 amide bonds. The number of nitrogens with zero attached hydrogens (tertiary/aromatic N) is 5. The number of aryl methyl sites for hydroxylation is 1. The molecule has 0 fully saturated rings. The molecule has 1 aromatic carbocycles. The van der Waals surface area contributed by atoms with Crippen LogP contribution < -0.4 is 0 Å². The van der Waals surface area contributed by atoms with Gasteiger partial charge in [-0.25, -0.2) is 4.98 Å². The summed E-state index contributed by atoms with van der Waals surface area (Å²) in [6, 6.07) is 9.75. The van der Waals surface area contributed by atoms with Crippen LogP contribution in [0.3, 0.4) is 0 Å². The van der Waals surface area contributed by atoms with Crippen LogP contribution in [-0.4, -0.2) is 14.5 Å². The number of hydrogen-bond donors (Lipinski definition) is 0. The van der Waals surface area contributed by atoms with Gasteiger partial charge >= 0.3 is 0 Å². The smallest absolute Gasteiger partial charge is 0.269 e. The molecule has 0 spiro atoms. The Hall–Kier alpha value is -3.19. The summed E-state index contributed by atoms with van der Waals surface area (Å²) in [6.07, 6.45) is 2.46. The van der Waals surface area contributed by atoms with Crippen molar-refractivity contribution in [1.82, 2.24) is 9.55 Å². The number of non-ortho nitro benzene ring substituents is 1. The number of nitro groups is 1. The summed E-state index contributed by atoms with van der Waals surface area (Å²) in [5.41, 5.74) is 0.787. The number of unbranched alkanes of at least 4 members (excludes halogenated alkanes) is 1. The average Bonchev–Trinajstić information content (AvgIpc) is 2.90. The normalized spacial score (nSPS) is 9.95. The van der Waals surface area contributed by atoms with Crippen molar-refractivity contribution in [2.24, 2.45) is 0 Å². The number of nitriles is 2. The molecule has 2 rings (SSSR count). The fourth-order valence-electron chi connectivity index (χ4n) is 2.15. The van der Waals surface area contributed by atoms with E-state index in [2.05, 4.69) is 4.98 Å². The van der Waals surface area contributed by atoms with Gasteiger partial charge in [0.05, 0.1) is 4.92 Å². The number of nitro benzene ring substituents is 1. The molecule has 0 atom stereocenters. The standard InChI is InChI=1S/C15H13N5O2/c1-2-3-4-15-18-13(9-16)14(10-17)19(15)11-5-7-12(8-6-11)20(21)22/h5-8H,2-4H2,1H3. The summed E-state index contributed by atoms with van der Waals surface area (Å²) in [7, 11) is 0. The first-order chi connectivity index (χ1) is 10.6. The number of imidazole rings is 1. The molecule has 7 heteroatoms. The fourth-order valence-corrected chi connectivity index (χ4v) is 2.15. The third-order valence-corrected chi connectivity index (χ3v) is 3.23. The van der Waals surface area contributed by atoms with Crippen LogP contribution in [0, 0.1) is 32.8 Å². The van der Waals surface area contributed by atoms with Crippen LogP contribution in [0.25, 0.3) is 5.69 Å². The molecule has 0 unspecified atom stereocenters. The minimum Gasteiger partial charge on any atom is -0.287 e. The van der Waals surface area contributed by atoms with Gasteiger partial charge in [0.1, 0.15) is 18.0 Å². The van der Waals surface area contributed by atoms with Gasteiger partial charge in [0.25, 0.3) is 5.69 Å². The van der Waals surface area contributed by atoms with Crippen molar-refractivity contribution >= 4 is 5.69 Å². The molecule has 2 aromatic rings. The lowest BCUT2D eigenvalue weighted by Gasteiger charge is -2.08. The van der Waals surface area contributed by atoms with Gasteiger partial charge in [-0.2, -0.15) is 10.5 Å². The van der Waals surface area contributed by atoms with Crippen LogP contribution in [0.1, 0.15) is 37.0 Å². The SMILES string of the molecule is CCCCc1nc(C#N)c(C#N)n1-c1ccc([N+](=O)[O-])cc1. The Morgan fingerprint density at radius 1 is 1.27 bits per heavy atom. The summed E-state index contributed by atoms with van der Waals surface area (Å²) in [5.74, 6) is 0.615. The Morgan fingerprint density at radius 3 is 2.45 bits per heavy atom. The van der Waals surface area contributed by atoms with Crippen molar-refractivity contribution < 1.29 is 4.92 Å². The molecule has 110 valence electrons. The van der Waals surface area contributed by atoms with E-state index in [0.717, 1.165) is 12.8 Å². The van der Waals surface area contributed by atoms with E-state index < -0.39 is 4.92 Å². The molecule has 0 aliphatic rings. The van der Waals surface area contributed by atoms with Crippen LogP contribution >= 0.6 is 0 Å². The van der Waals surface area contributed by atoms with E-state index in [4.69, 9.17) is 5.26 Å². The Kier molecular flexibility index (Phi) is 4.50. The zero-order valence-electron chi connectivity index (χ0n) is 12.0. The van der Waals surface area contributed by atoms with E-state index in [1.54, 1.807) is 16.7 Å². The summed E-state index contributed by atoms with van der Waals surface area (Å²) in [5, 5.41) is 29.1. The number of benzene rings is 1. The van der Waals surface area contributed by atoms with E-state index in [0.29, 0.717) is 17.9 Å². The monoisotopic (exact) mass is 295 g/mol. The van der Waals surface area contributed by atoms with Crippen LogP contribution in [0.4, 0.5) is 5.69 Å². The predicted octanol–water partition coefficient (Wildman–Crippen LogP) is 2.87. The Morgan fingerprint density at radius 2 is 1.95 bits per heavy atom. The zero-order valence-corrected chi connectivity index (χ0v) is 12.0. The molecular weight excluding hydrogens is 282 g/mol. The topological polar surface area (TPSA) is 109 Å². The molecule has 1 heterocycles. The lowest BCUT2D eigenvalue weighted by Crippen LogP contribution is -2.04. The molecule has 1 aromatic heterocycles. The maximum atomic E-state index is 10.7. The fraction of sp³-hybridized carbons (Fsp3) is 0.267. The second kappa shape index (κ2) is 6.51. The number of aromatic nitrogens is 2. The third kappa shape index (κ3) is 2.79. The Balaban J connectivity index is 2.56. The highest BCUT2D eigenvalue weighted by atomic mass is 16.6. The van der Waals surface area contributed by atoms with Gasteiger partial charge in [-0.05, 0) is 18.6 Å². The number of rotatable bonds is 5. The van der Waals surface area contributed by atoms with Gasteiger partial charge in [-0.3, -0.25) is 14.7 Å². The number of hydrogen-bond acceptors (Lipinski definition) is 5. The van der Waals surface area contributed by atoms with E-state index in [1.165, 1.54) is 12.1 Å². The lowest BCUT2D eigenvalue weighted by molar-refractivity contribution is -0.384. The second-order valence-electron chi connectivity index (χ2n) is 4.66. The Bertz CT molecular complexity index is 778. The molecule has 0 saturated heterocycles. The van der Waals surface area contributed by atoms with Gasteiger partial charge in [-0.1, -0.05) is 13.3 Å². The van der Waals surface area contributed by atoms with Crippen molar-refractivity contribution in [3.8, 4) is 17.8 Å². The van der Waals surface area contributed by atoms with Crippen molar-refractivity contribution in [3.63, 3.8) is 0 Å². The van der Waals surface area contributed by atoms with E-state index in [9.17, 15) is 15.4 Å². The largest absolute Gasteiger partial charge is 0.287 e. The zero-order chi connectivity index (χ0) is 16.1. The molecule has 0 radical (unpaired) electrons. The molecule has 0 aliphatic carbocycles. The summed E-state index contributed by atoms with van der Waals surface area (Å²) in [4.78, 5) is 14.5. The highest BCUT2D eigenvalue weighted by Gasteiger charge is 2.18. The second-order valence-corrected chi connectivity index (χ2v) is 4.66. The third-order valence-electron chi connectivity index (χ3n) is 3.23. The first-order valence-electron chi connectivity index (χ1n) is 6.79. The predicted molar refractivity (Wildman–Crippen MR) is 78.3 cm³/mol. The first kappa shape index (κ1) is 15.2. The molecule has 0 bridgehead atoms. The summed E-state index contributed by atoms with van der Waals surface area (Å²) < 4.78 is 1.60. The summed E-state index contributed by atoms with van der Waals surface area (Å²) >= 11 is 0. The van der Waals surface area contributed by atoms with E-state index in [-0.39, 0.29) is 17.1 Å². The van der Waals surface area contributed by atoms with Crippen molar-refractivity contribution in [2.75, 3.05) is 0 Å². The van der Waals surface area contributed by atoms with Crippen LogP contribution in [0.5, 0.6) is 0 Å².